The number of amides is 3. The number of likely N-dealkylation sites (N-methyl/N-ethyl adjacent to an activating group) is 1. The summed E-state index contributed by atoms with van der Waals surface area (Å²) in [7, 11) is -4.43. The van der Waals surface area contributed by atoms with Gasteiger partial charge in [0, 0.05) is 55.0 Å². The molecule has 0 saturated carbocycles. The number of ether oxygens (including phenoxy) is 1. The van der Waals surface area contributed by atoms with E-state index in [1.807, 2.05) is 19.9 Å². The second-order valence-corrected chi connectivity index (χ2v) is 14.0. The predicted octanol–water partition coefficient (Wildman–Crippen LogP) is 3.17. The summed E-state index contributed by atoms with van der Waals surface area (Å²) in [5, 5.41) is 11.7. The second kappa shape index (κ2) is 15.1. The number of nitrogens with two attached hydrogens (primary N) is 1. The molecule has 15 heteroatoms. The molecule has 2 aliphatic rings. The van der Waals surface area contributed by atoms with Gasteiger partial charge in [-0.1, -0.05) is 55.0 Å². The first kappa shape index (κ1) is 35.4. The maximum absolute atomic E-state index is 14.5. The number of nitrogens with one attached hydrogen (secondary N) is 1. The summed E-state index contributed by atoms with van der Waals surface area (Å²) in [5.74, 6) is -0.641. The lowest BCUT2D eigenvalue weighted by atomic mass is 9.95. The van der Waals surface area contributed by atoms with Crippen LogP contribution in [0, 0.1) is 17.0 Å². The van der Waals surface area contributed by atoms with Crippen molar-refractivity contribution in [2.45, 2.75) is 55.8 Å². The van der Waals surface area contributed by atoms with Crippen molar-refractivity contribution in [3.63, 3.8) is 0 Å². The van der Waals surface area contributed by atoms with Crippen molar-refractivity contribution >= 4 is 33.6 Å². The molecule has 0 aromatic heterocycles. The quantitative estimate of drug-likeness (QED) is 0.225. The van der Waals surface area contributed by atoms with Gasteiger partial charge in [-0.25, -0.2) is 17.9 Å². The van der Waals surface area contributed by atoms with Gasteiger partial charge in [-0.05, 0) is 56.6 Å². The molecule has 0 radical (unpaired) electrons. The van der Waals surface area contributed by atoms with E-state index in [4.69, 9.17) is 10.5 Å². The van der Waals surface area contributed by atoms with E-state index in [9.17, 15) is 32.9 Å². The molecule has 0 spiro atoms. The minimum absolute atomic E-state index is 0.0304. The van der Waals surface area contributed by atoms with Gasteiger partial charge in [-0.2, -0.15) is 0 Å². The van der Waals surface area contributed by atoms with E-state index in [2.05, 4.69) is 9.62 Å². The molecule has 5 rings (SSSR count). The monoisotopic (exact) mass is 692 g/mol. The van der Waals surface area contributed by atoms with Crippen LogP contribution in [0.2, 0.25) is 0 Å². The smallest absolute Gasteiger partial charge is 0.404 e. The first-order chi connectivity index (χ1) is 23.4. The van der Waals surface area contributed by atoms with Crippen LogP contribution in [-0.4, -0.2) is 103 Å². The number of nitro groups is 1. The second-order valence-electron chi connectivity index (χ2n) is 12.4. The third-order valence-electron chi connectivity index (χ3n) is 9.03. The number of nitro benzene ring substituents is 1. The number of carbonyl (C=O) groups excluding carboxylic acids is 3. The highest BCUT2D eigenvalue weighted by molar-refractivity contribution is 7.89. The number of benzene rings is 3. The van der Waals surface area contributed by atoms with Crippen LogP contribution in [0.1, 0.15) is 46.0 Å². The van der Waals surface area contributed by atoms with Crippen LogP contribution in [0.5, 0.6) is 0 Å². The highest BCUT2D eigenvalue weighted by Gasteiger charge is 2.44. The summed E-state index contributed by atoms with van der Waals surface area (Å²) in [6.45, 7) is 5.00. The molecule has 0 bridgehead atoms. The molecule has 2 unspecified atom stereocenters. The SMILES string of the molecule is CCN1C[C@H](N(C(=O)c2cccc(C)c2)C2C[C@H](NS(=O)(=O)c3ccccc3[N+](=O)[O-])CN(C(=O)c3ccccc3)C2)CC1COC(N)=O. The van der Waals surface area contributed by atoms with Gasteiger partial charge in [0.2, 0.25) is 10.0 Å². The zero-order valence-electron chi connectivity index (χ0n) is 27.3. The maximum atomic E-state index is 14.5. The number of sulfonamides is 1. The Labute approximate surface area is 285 Å². The average molecular weight is 693 g/mol. The summed E-state index contributed by atoms with van der Waals surface area (Å²) in [6.07, 6.45) is -0.335. The molecule has 0 aliphatic carbocycles. The van der Waals surface area contributed by atoms with Gasteiger partial charge in [-0.15, -0.1) is 0 Å². The fraction of sp³-hybridized carbons (Fsp3) is 0.382. The minimum atomic E-state index is -4.43. The third-order valence-corrected chi connectivity index (χ3v) is 10.6. The molecule has 2 saturated heterocycles. The molecule has 3 amide bonds. The van der Waals surface area contributed by atoms with Gasteiger partial charge < -0.3 is 20.3 Å². The molecule has 3 aromatic rings. The Morgan fingerprint density at radius 1 is 0.959 bits per heavy atom. The third kappa shape index (κ3) is 8.24. The molecule has 260 valence electrons. The molecular weight excluding hydrogens is 652 g/mol. The average Bonchev–Trinajstić information content (AvgIpc) is 3.49. The van der Waals surface area contributed by atoms with Gasteiger partial charge in [0.05, 0.1) is 11.0 Å². The standard InChI is InChI=1S/C34H40N6O8S/c1-3-37-20-28(18-29(37)22-48-34(35)43)39(33(42)25-13-9-10-23(2)16-25)27-17-26(19-38(21-27)32(41)24-11-5-4-6-12-24)36-49(46,47)31-15-8-7-14-30(31)40(44)45/h4-16,26-29,36H,3,17-22H2,1-2H3,(H2,35,43)/t26-,27?,28+,29?/m0/s1. The maximum Gasteiger partial charge on any atom is 0.404 e. The van der Waals surface area contributed by atoms with Crippen molar-refractivity contribution in [2.24, 2.45) is 5.73 Å². The summed E-state index contributed by atoms with van der Waals surface area (Å²) >= 11 is 0. The van der Waals surface area contributed by atoms with Crippen molar-refractivity contribution in [1.29, 1.82) is 0 Å². The largest absolute Gasteiger partial charge is 0.448 e. The van der Waals surface area contributed by atoms with E-state index in [-0.39, 0.29) is 44.0 Å². The number of primary amides is 1. The zero-order chi connectivity index (χ0) is 35.3. The normalized spacial score (nSPS) is 21.2. The molecule has 2 heterocycles. The fourth-order valence-corrected chi connectivity index (χ4v) is 8.27. The van der Waals surface area contributed by atoms with Crippen LogP contribution in [0.15, 0.2) is 83.8 Å². The van der Waals surface area contributed by atoms with E-state index in [0.29, 0.717) is 30.6 Å². The Morgan fingerprint density at radius 3 is 2.31 bits per heavy atom. The number of likely N-dealkylation sites (tertiary alicyclic amines) is 2. The Balaban J connectivity index is 1.54. The van der Waals surface area contributed by atoms with Crippen molar-refractivity contribution < 1.29 is 32.5 Å². The summed E-state index contributed by atoms with van der Waals surface area (Å²) < 4.78 is 35.2. The van der Waals surface area contributed by atoms with Gasteiger partial charge in [0.15, 0.2) is 4.90 Å². The van der Waals surface area contributed by atoms with Crippen LogP contribution in [0.3, 0.4) is 0 Å². The highest BCUT2D eigenvalue weighted by atomic mass is 32.2. The summed E-state index contributed by atoms with van der Waals surface area (Å²) in [4.78, 5) is 55.7. The number of nitrogens with zero attached hydrogens (tertiary/aromatic N) is 4. The van der Waals surface area contributed by atoms with Crippen molar-refractivity contribution in [2.75, 3.05) is 32.8 Å². The van der Waals surface area contributed by atoms with E-state index in [1.54, 1.807) is 53.4 Å². The lowest BCUT2D eigenvalue weighted by Crippen LogP contribution is -2.61. The van der Waals surface area contributed by atoms with Crippen molar-refractivity contribution in [3.8, 4) is 0 Å². The van der Waals surface area contributed by atoms with Crippen LogP contribution in [0.4, 0.5) is 10.5 Å². The highest BCUT2D eigenvalue weighted by Crippen LogP contribution is 2.31. The molecule has 3 N–H and O–H groups in total. The van der Waals surface area contributed by atoms with Crippen LogP contribution in [-0.2, 0) is 14.8 Å². The lowest BCUT2D eigenvalue weighted by Gasteiger charge is -2.45. The molecule has 49 heavy (non-hydrogen) atoms. The molecule has 2 fully saturated rings. The Kier molecular flexibility index (Phi) is 11.0. The van der Waals surface area contributed by atoms with E-state index >= 15 is 0 Å². The molecular formula is C34H40N6O8S. The first-order valence-electron chi connectivity index (χ1n) is 16.0. The topological polar surface area (TPSA) is 185 Å². The van der Waals surface area contributed by atoms with Crippen LogP contribution in [0.25, 0.3) is 0 Å². The molecule has 4 atom stereocenters. The number of carbonyl (C=O) groups is 3. The van der Waals surface area contributed by atoms with Crippen LogP contribution < -0.4 is 10.5 Å². The van der Waals surface area contributed by atoms with Crippen molar-refractivity contribution in [3.05, 3.63) is 106 Å². The number of hydrogen-bond donors (Lipinski definition) is 2. The predicted molar refractivity (Wildman–Crippen MR) is 180 cm³/mol. The molecule has 2 aliphatic heterocycles. The van der Waals surface area contributed by atoms with Gasteiger partial charge >= 0.3 is 6.09 Å². The van der Waals surface area contributed by atoms with E-state index in [1.165, 1.54) is 17.0 Å². The lowest BCUT2D eigenvalue weighted by molar-refractivity contribution is -0.387. The van der Waals surface area contributed by atoms with Gasteiger partial charge in [0.25, 0.3) is 17.5 Å². The number of piperidine rings is 1. The number of aryl methyl sites for hydroxylation is 1. The summed E-state index contributed by atoms with van der Waals surface area (Å²) in [6, 6.07) is 18.6. The number of para-hydroxylation sites is 1. The minimum Gasteiger partial charge on any atom is -0.448 e. The Bertz CT molecular complexity index is 1810. The molecule has 3 aromatic carbocycles. The Morgan fingerprint density at radius 2 is 1.63 bits per heavy atom. The zero-order valence-corrected chi connectivity index (χ0v) is 28.1. The summed E-state index contributed by atoms with van der Waals surface area (Å²) in [5.41, 5.74) is 6.38. The first-order valence-corrected chi connectivity index (χ1v) is 17.5. The van der Waals surface area contributed by atoms with E-state index in [0.717, 1.165) is 17.7 Å². The van der Waals surface area contributed by atoms with Gasteiger partial charge in [-0.3, -0.25) is 24.6 Å². The van der Waals surface area contributed by atoms with E-state index < -0.39 is 49.7 Å². The number of rotatable bonds is 11. The van der Waals surface area contributed by atoms with Crippen molar-refractivity contribution in [1.82, 2.24) is 19.4 Å². The van der Waals surface area contributed by atoms with Crippen LogP contribution >= 0.6 is 0 Å². The Hall–Kier alpha value is -4.86. The molecule has 14 nitrogen and oxygen atoms in total. The van der Waals surface area contributed by atoms with Gasteiger partial charge in [0.1, 0.15) is 6.61 Å². The number of hydrogen-bond acceptors (Lipinski definition) is 9. The fourth-order valence-electron chi connectivity index (χ4n) is 6.86.